The molecule has 4 rings (SSSR count). The normalized spacial score (nSPS) is 17.5. The summed E-state index contributed by atoms with van der Waals surface area (Å²) in [5, 5.41) is 11.4. The van der Waals surface area contributed by atoms with Crippen LogP contribution in [-0.4, -0.2) is 31.0 Å². The second-order valence-corrected chi connectivity index (χ2v) is 7.43. The van der Waals surface area contributed by atoms with Gasteiger partial charge in [-0.3, -0.25) is 14.5 Å². The Morgan fingerprint density at radius 1 is 0.906 bits per heavy atom. The molecule has 0 bridgehead atoms. The van der Waals surface area contributed by atoms with Gasteiger partial charge in [0.15, 0.2) is 0 Å². The first-order valence-electron chi connectivity index (χ1n) is 10.1. The number of aliphatic hydroxyl groups is 1. The summed E-state index contributed by atoms with van der Waals surface area (Å²) < 4.78 is 10.7. The van der Waals surface area contributed by atoms with E-state index in [-0.39, 0.29) is 16.9 Å². The van der Waals surface area contributed by atoms with Crippen LogP contribution in [0.15, 0.2) is 78.4 Å². The SMILES string of the molecule is COc1ccc(OC)c(/C(O)=C2\C(=O)C(=O)N(c3ccccc3C)C2c2ccccc2)c1. The minimum absolute atomic E-state index is 0.00370. The van der Waals surface area contributed by atoms with Crippen molar-refractivity contribution in [1.29, 1.82) is 0 Å². The Bertz CT molecular complexity index is 1220. The molecule has 1 N–H and O–H groups in total. The lowest BCUT2D eigenvalue weighted by Crippen LogP contribution is -2.30. The van der Waals surface area contributed by atoms with Crippen LogP contribution >= 0.6 is 0 Å². The summed E-state index contributed by atoms with van der Waals surface area (Å²) in [7, 11) is 2.98. The molecule has 1 amide bonds. The number of methoxy groups -OCH3 is 2. The predicted octanol–water partition coefficient (Wildman–Crippen LogP) is 4.64. The van der Waals surface area contributed by atoms with E-state index in [9.17, 15) is 14.7 Å². The lowest BCUT2D eigenvalue weighted by molar-refractivity contribution is -0.132. The zero-order chi connectivity index (χ0) is 22.8. The van der Waals surface area contributed by atoms with E-state index in [1.54, 1.807) is 24.3 Å². The van der Waals surface area contributed by atoms with Crippen molar-refractivity contribution in [1.82, 2.24) is 0 Å². The average Bonchev–Trinajstić information content (AvgIpc) is 3.09. The molecule has 1 saturated heterocycles. The van der Waals surface area contributed by atoms with Crippen molar-refractivity contribution >= 4 is 23.1 Å². The zero-order valence-corrected chi connectivity index (χ0v) is 18.0. The van der Waals surface area contributed by atoms with Crippen molar-refractivity contribution in [2.75, 3.05) is 19.1 Å². The predicted molar refractivity (Wildman–Crippen MR) is 122 cm³/mol. The number of carbonyl (C=O) groups is 2. The van der Waals surface area contributed by atoms with Crippen LogP contribution in [0, 0.1) is 6.92 Å². The number of aryl methyl sites for hydroxylation is 1. The Kier molecular flexibility index (Phi) is 5.69. The summed E-state index contributed by atoms with van der Waals surface area (Å²) >= 11 is 0. The number of hydrogen-bond acceptors (Lipinski definition) is 5. The summed E-state index contributed by atoms with van der Waals surface area (Å²) in [4.78, 5) is 28.0. The van der Waals surface area contributed by atoms with Crippen molar-refractivity contribution in [2.24, 2.45) is 0 Å². The van der Waals surface area contributed by atoms with Gasteiger partial charge in [-0.15, -0.1) is 0 Å². The molecule has 0 spiro atoms. The minimum atomic E-state index is -0.798. The van der Waals surface area contributed by atoms with Crippen molar-refractivity contribution in [3.8, 4) is 11.5 Å². The van der Waals surface area contributed by atoms with E-state index in [1.807, 2.05) is 55.5 Å². The minimum Gasteiger partial charge on any atom is -0.507 e. The summed E-state index contributed by atoms with van der Waals surface area (Å²) in [5.41, 5.74) is 2.43. The Morgan fingerprint density at radius 3 is 2.25 bits per heavy atom. The summed E-state index contributed by atoms with van der Waals surface area (Å²) in [6.07, 6.45) is 0. The van der Waals surface area contributed by atoms with Crippen LogP contribution < -0.4 is 14.4 Å². The highest BCUT2D eigenvalue weighted by atomic mass is 16.5. The largest absolute Gasteiger partial charge is 0.507 e. The molecule has 6 heteroatoms. The molecule has 6 nitrogen and oxygen atoms in total. The average molecular weight is 429 g/mol. The molecule has 1 aliphatic heterocycles. The molecule has 3 aromatic carbocycles. The second-order valence-electron chi connectivity index (χ2n) is 7.43. The number of Topliss-reactive ketones (excluding diaryl/α,β-unsaturated/α-hetero) is 1. The van der Waals surface area contributed by atoms with Gasteiger partial charge in [-0.1, -0.05) is 48.5 Å². The van der Waals surface area contributed by atoms with Crippen LogP contribution in [0.1, 0.15) is 22.7 Å². The maximum atomic E-state index is 13.3. The number of rotatable bonds is 5. The fourth-order valence-electron chi connectivity index (χ4n) is 4.01. The van der Waals surface area contributed by atoms with Gasteiger partial charge in [0.2, 0.25) is 0 Å². The first-order chi connectivity index (χ1) is 15.5. The fraction of sp³-hybridized carbons (Fsp3) is 0.154. The van der Waals surface area contributed by atoms with Gasteiger partial charge in [-0.25, -0.2) is 0 Å². The molecule has 1 aliphatic rings. The molecule has 0 aliphatic carbocycles. The number of ether oxygens (including phenoxy) is 2. The van der Waals surface area contributed by atoms with Crippen LogP contribution in [-0.2, 0) is 9.59 Å². The van der Waals surface area contributed by atoms with Crippen molar-refractivity contribution < 1.29 is 24.2 Å². The summed E-state index contributed by atoms with van der Waals surface area (Å²) in [6, 6.07) is 20.7. The second kappa shape index (κ2) is 8.59. The number of nitrogens with zero attached hydrogens (tertiary/aromatic N) is 1. The maximum Gasteiger partial charge on any atom is 0.300 e. The summed E-state index contributed by atoms with van der Waals surface area (Å²) in [6.45, 7) is 1.88. The van der Waals surface area contributed by atoms with Crippen LogP contribution in [0.4, 0.5) is 5.69 Å². The fourth-order valence-corrected chi connectivity index (χ4v) is 4.01. The standard InChI is InChI=1S/C26H23NO5/c1-16-9-7-8-12-20(16)27-23(17-10-5-4-6-11-17)22(25(29)26(27)30)24(28)19-15-18(31-2)13-14-21(19)32-3/h4-15,23,28H,1-3H3/b24-22+. The molecule has 3 aromatic rings. The summed E-state index contributed by atoms with van der Waals surface area (Å²) in [5.74, 6) is -0.931. The van der Waals surface area contributed by atoms with Gasteiger partial charge >= 0.3 is 0 Å². The van der Waals surface area contributed by atoms with Crippen LogP contribution in [0.2, 0.25) is 0 Å². The number of amides is 1. The number of aliphatic hydroxyl groups excluding tert-OH is 1. The first-order valence-corrected chi connectivity index (χ1v) is 10.1. The Morgan fingerprint density at radius 2 is 1.59 bits per heavy atom. The number of para-hydroxylation sites is 1. The van der Waals surface area contributed by atoms with E-state index >= 15 is 0 Å². The molecule has 0 saturated carbocycles. The highest BCUT2D eigenvalue weighted by Gasteiger charge is 2.47. The van der Waals surface area contributed by atoms with E-state index in [1.165, 1.54) is 19.1 Å². The highest BCUT2D eigenvalue weighted by molar-refractivity contribution is 6.51. The van der Waals surface area contributed by atoms with Gasteiger partial charge in [0.25, 0.3) is 11.7 Å². The lowest BCUT2D eigenvalue weighted by atomic mass is 9.94. The van der Waals surface area contributed by atoms with E-state index in [4.69, 9.17) is 9.47 Å². The van der Waals surface area contributed by atoms with E-state index in [0.717, 1.165) is 5.56 Å². The molecular weight excluding hydrogens is 406 g/mol. The topological polar surface area (TPSA) is 76.1 Å². The molecule has 0 radical (unpaired) electrons. The van der Waals surface area contributed by atoms with Gasteiger partial charge in [-0.05, 0) is 42.3 Å². The van der Waals surface area contributed by atoms with Crippen molar-refractivity contribution in [3.63, 3.8) is 0 Å². The number of hydrogen-bond donors (Lipinski definition) is 1. The van der Waals surface area contributed by atoms with Gasteiger partial charge < -0.3 is 14.6 Å². The maximum absolute atomic E-state index is 13.3. The smallest absolute Gasteiger partial charge is 0.300 e. The van der Waals surface area contributed by atoms with E-state index in [0.29, 0.717) is 22.7 Å². The van der Waals surface area contributed by atoms with E-state index < -0.39 is 17.7 Å². The molecule has 1 atom stereocenters. The lowest BCUT2D eigenvalue weighted by Gasteiger charge is -2.26. The van der Waals surface area contributed by atoms with E-state index in [2.05, 4.69) is 0 Å². The molecule has 0 aromatic heterocycles. The molecule has 162 valence electrons. The van der Waals surface area contributed by atoms with Crippen LogP contribution in [0.25, 0.3) is 5.76 Å². The van der Waals surface area contributed by atoms with Gasteiger partial charge in [-0.2, -0.15) is 0 Å². The third-order valence-electron chi connectivity index (χ3n) is 5.60. The number of anilines is 1. The monoisotopic (exact) mass is 429 g/mol. The first kappa shape index (κ1) is 21.2. The molecular formula is C26H23NO5. The molecule has 1 unspecified atom stereocenters. The van der Waals surface area contributed by atoms with Gasteiger partial charge in [0.05, 0.1) is 31.4 Å². The molecule has 1 heterocycles. The number of benzene rings is 3. The third kappa shape index (κ3) is 3.50. The Balaban J connectivity index is 2.00. The van der Waals surface area contributed by atoms with Gasteiger partial charge in [0, 0.05) is 5.69 Å². The third-order valence-corrected chi connectivity index (χ3v) is 5.60. The van der Waals surface area contributed by atoms with Crippen molar-refractivity contribution in [2.45, 2.75) is 13.0 Å². The highest BCUT2D eigenvalue weighted by Crippen LogP contribution is 2.44. The molecule has 1 fully saturated rings. The quantitative estimate of drug-likeness (QED) is 0.363. The van der Waals surface area contributed by atoms with Crippen LogP contribution in [0.3, 0.4) is 0 Å². The van der Waals surface area contributed by atoms with Gasteiger partial charge in [0.1, 0.15) is 17.3 Å². The Labute approximate surface area is 186 Å². The van der Waals surface area contributed by atoms with Crippen molar-refractivity contribution in [3.05, 3.63) is 95.1 Å². The van der Waals surface area contributed by atoms with Crippen LogP contribution in [0.5, 0.6) is 11.5 Å². The molecule has 32 heavy (non-hydrogen) atoms. The number of carbonyl (C=O) groups excluding carboxylic acids is 2. The zero-order valence-electron chi connectivity index (χ0n) is 18.0. The number of ketones is 1. The Hall–Kier alpha value is -4.06.